The molecule has 0 amide bonds. The average molecular weight is 445 g/mol. The van der Waals surface area contributed by atoms with Crippen molar-refractivity contribution in [2.75, 3.05) is 0 Å². The molecule has 0 N–H and O–H groups in total. The van der Waals surface area contributed by atoms with Gasteiger partial charge in [-0.05, 0) is 67.9 Å². The maximum absolute atomic E-state index is 3.87. The van der Waals surface area contributed by atoms with E-state index in [1.165, 1.54) is 55.3 Å². The highest BCUT2D eigenvalue weighted by Crippen LogP contribution is 2.63. The summed E-state index contributed by atoms with van der Waals surface area (Å²) >= 11 is 3.87. The summed E-state index contributed by atoms with van der Waals surface area (Å²) in [5, 5.41) is 2.59. The second-order valence-corrected chi connectivity index (χ2v) is 9.10. The zero-order chi connectivity index (χ0) is 19.9. The summed E-state index contributed by atoms with van der Waals surface area (Å²) in [4.78, 5) is 0. The van der Waals surface area contributed by atoms with Crippen molar-refractivity contribution in [1.29, 1.82) is 0 Å². The zero-order valence-corrected chi connectivity index (χ0v) is 17.8. The fraction of sp³-hybridized carbons (Fsp3) is 0.0345. The highest BCUT2D eigenvalue weighted by molar-refractivity contribution is 9.10. The SMILES string of the molecule is Brc1cccc2c1-c1ccccc1C21c2ccccc2-c2cc3ccccc3cc21. The lowest BCUT2D eigenvalue weighted by molar-refractivity contribution is 0.794. The molecule has 5 aromatic rings. The molecule has 1 heteroatoms. The molecule has 30 heavy (non-hydrogen) atoms. The first-order valence-electron chi connectivity index (χ1n) is 10.3. The summed E-state index contributed by atoms with van der Waals surface area (Å²) < 4.78 is 1.16. The molecular weight excluding hydrogens is 428 g/mol. The zero-order valence-electron chi connectivity index (χ0n) is 16.2. The van der Waals surface area contributed by atoms with Gasteiger partial charge in [-0.25, -0.2) is 0 Å². The maximum Gasteiger partial charge on any atom is 0.0726 e. The van der Waals surface area contributed by atoms with Gasteiger partial charge in [0.1, 0.15) is 0 Å². The molecule has 140 valence electrons. The van der Waals surface area contributed by atoms with Crippen LogP contribution in [0, 0.1) is 0 Å². The van der Waals surface area contributed by atoms with Crippen LogP contribution < -0.4 is 0 Å². The van der Waals surface area contributed by atoms with Gasteiger partial charge in [0.2, 0.25) is 0 Å². The molecule has 0 nitrogen and oxygen atoms in total. The molecule has 2 aliphatic rings. The van der Waals surface area contributed by atoms with Gasteiger partial charge in [0.15, 0.2) is 0 Å². The van der Waals surface area contributed by atoms with E-state index in [9.17, 15) is 0 Å². The lowest BCUT2D eigenvalue weighted by atomic mass is 9.70. The van der Waals surface area contributed by atoms with E-state index in [-0.39, 0.29) is 5.41 Å². The van der Waals surface area contributed by atoms with Crippen molar-refractivity contribution < 1.29 is 0 Å². The Kier molecular flexibility index (Phi) is 3.16. The molecule has 5 aromatic carbocycles. The molecule has 0 aromatic heterocycles. The molecule has 1 unspecified atom stereocenters. The van der Waals surface area contributed by atoms with Crippen LogP contribution in [-0.2, 0) is 5.41 Å². The number of hydrogen-bond donors (Lipinski definition) is 0. The van der Waals surface area contributed by atoms with Crippen molar-refractivity contribution in [2.24, 2.45) is 0 Å². The molecule has 0 bridgehead atoms. The van der Waals surface area contributed by atoms with Crippen LogP contribution in [0.3, 0.4) is 0 Å². The maximum atomic E-state index is 3.87. The minimum Gasteiger partial charge on any atom is -0.0619 e. The van der Waals surface area contributed by atoms with Crippen LogP contribution in [0.1, 0.15) is 22.3 Å². The molecule has 0 saturated heterocycles. The third-order valence-electron chi connectivity index (χ3n) is 6.93. The molecular formula is C29H17Br. The van der Waals surface area contributed by atoms with Gasteiger partial charge in [-0.3, -0.25) is 0 Å². The molecule has 1 spiro atoms. The van der Waals surface area contributed by atoms with E-state index in [4.69, 9.17) is 0 Å². The Morgan fingerprint density at radius 1 is 0.467 bits per heavy atom. The van der Waals surface area contributed by atoms with Gasteiger partial charge in [-0.2, -0.15) is 0 Å². The van der Waals surface area contributed by atoms with Crippen molar-refractivity contribution in [1.82, 2.24) is 0 Å². The van der Waals surface area contributed by atoms with Crippen LogP contribution in [0.25, 0.3) is 33.0 Å². The Morgan fingerprint density at radius 2 is 1.07 bits per heavy atom. The van der Waals surface area contributed by atoms with Crippen LogP contribution in [-0.4, -0.2) is 0 Å². The van der Waals surface area contributed by atoms with Crippen molar-refractivity contribution in [3.05, 3.63) is 130 Å². The predicted molar refractivity (Wildman–Crippen MR) is 128 cm³/mol. The van der Waals surface area contributed by atoms with Gasteiger partial charge < -0.3 is 0 Å². The number of hydrogen-bond acceptors (Lipinski definition) is 0. The fourth-order valence-electron chi connectivity index (χ4n) is 5.83. The van der Waals surface area contributed by atoms with E-state index in [0.717, 1.165) is 4.47 Å². The summed E-state index contributed by atoms with van der Waals surface area (Å²) in [6.07, 6.45) is 0. The molecule has 0 aliphatic heterocycles. The third-order valence-corrected chi connectivity index (χ3v) is 7.59. The Morgan fingerprint density at radius 3 is 1.87 bits per heavy atom. The Balaban J connectivity index is 1.74. The van der Waals surface area contributed by atoms with Gasteiger partial charge in [-0.1, -0.05) is 101 Å². The van der Waals surface area contributed by atoms with Crippen molar-refractivity contribution >= 4 is 26.7 Å². The van der Waals surface area contributed by atoms with E-state index in [0.29, 0.717) is 0 Å². The molecule has 7 rings (SSSR count). The van der Waals surface area contributed by atoms with Crippen LogP contribution in [0.15, 0.2) is 108 Å². The first kappa shape index (κ1) is 16.6. The van der Waals surface area contributed by atoms with Crippen LogP contribution >= 0.6 is 15.9 Å². The minimum atomic E-state index is -0.272. The summed E-state index contributed by atoms with van der Waals surface area (Å²) in [5.41, 5.74) is 10.6. The van der Waals surface area contributed by atoms with Crippen molar-refractivity contribution in [2.45, 2.75) is 5.41 Å². The number of fused-ring (bicyclic) bond motifs is 11. The lowest BCUT2D eigenvalue weighted by Gasteiger charge is -2.30. The lowest BCUT2D eigenvalue weighted by Crippen LogP contribution is -2.25. The average Bonchev–Trinajstić information content (AvgIpc) is 3.25. The van der Waals surface area contributed by atoms with Crippen LogP contribution in [0.5, 0.6) is 0 Å². The van der Waals surface area contributed by atoms with E-state index < -0.39 is 0 Å². The number of halogens is 1. The molecule has 0 saturated carbocycles. The van der Waals surface area contributed by atoms with Gasteiger partial charge in [0.05, 0.1) is 5.41 Å². The molecule has 0 fully saturated rings. The molecule has 0 radical (unpaired) electrons. The van der Waals surface area contributed by atoms with Crippen molar-refractivity contribution in [3.8, 4) is 22.3 Å². The van der Waals surface area contributed by atoms with Gasteiger partial charge in [-0.15, -0.1) is 0 Å². The normalized spacial score (nSPS) is 17.6. The fourth-order valence-corrected chi connectivity index (χ4v) is 6.41. The van der Waals surface area contributed by atoms with Crippen molar-refractivity contribution in [3.63, 3.8) is 0 Å². The summed E-state index contributed by atoms with van der Waals surface area (Å²) in [6, 6.07) is 38.1. The molecule has 1 atom stereocenters. The van der Waals surface area contributed by atoms with Gasteiger partial charge >= 0.3 is 0 Å². The quantitative estimate of drug-likeness (QED) is 0.222. The second kappa shape index (κ2) is 5.71. The third kappa shape index (κ3) is 1.83. The summed E-state index contributed by atoms with van der Waals surface area (Å²) in [6.45, 7) is 0. The first-order valence-corrected chi connectivity index (χ1v) is 11.1. The first-order chi connectivity index (χ1) is 14.8. The number of rotatable bonds is 0. The summed E-state index contributed by atoms with van der Waals surface area (Å²) in [5.74, 6) is 0. The number of benzene rings is 5. The Bertz CT molecular complexity index is 1510. The van der Waals surface area contributed by atoms with E-state index in [1.807, 2.05) is 0 Å². The van der Waals surface area contributed by atoms with Gasteiger partial charge in [0, 0.05) is 10.0 Å². The standard InChI is InChI=1S/C29H17Br/c30-27-15-7-14-25-28(27)21-11-4-6-13-24(21)29(25)23-12-5-3-10-20(23)22-16-18-8-1-2-9-19(18)17-26(22)29/h1-17H. The monoisotopic (exact) mass is 444 g/mol. The van der Waals surface area contributed by atoms with Crippen LogP contribution in [0.4, 0.5) is 0 Å². The Labute approximate surface area is 184 Å². The van der Waals surface area contributed by atoms with E-state index in [2.05, 4.69) is 119 Å². The largest absolute Gasteiger partial charge is 0.0726 e. The summed E-state index contributed by atoms with van der Waals surface area (Å²) in [7, 11) is 0. The van der Waals surface area contributed by atoms with E-state index in [1.54, 1.807) is 0 Å². The highest BCUT2D eigenvalue weighted by Gasteiger charge is 2.51. The van der Waals surface area contributed by atoms with Crippen LogP contribution in [0.2, 0.25) is 0 Å². The van der Waals surface area contributed by atoms with E-state index >= 15 is 0 Å². The molecule has 0 heterocycles. The van der Waals surface area contributed by atoms with Gasteiger partial charge in [0.25, 0.3) is 0 Å². The predicted octanol–water partition coefficient (Wildman–Crippen LogP) is 7.95. The molecule has 2 aliphatic carbocycles. The second-order valence-electron chi connectivity index (χ2n) is 8.25. The minimum absolute atomic E-state index is 0.272. The Hall–Kier alpha value is -3.16. The smallest absolute Gasteiger partial charge is 0.0619 e. The highest BCUT2D eigenvalue weighted by atomic mass is 79.9. The topological polar surface area (TPSA) is 0 Å².